The fourth-order valence-corrected chi connectivity index (χ4v) is 2.49. The summed E-state index contributed by atoms with van der Waals surface area (Å²) in [6.45, 7) is 3.67. The molecule has 2 rings (SSSR count). The second-order valence-corrected chi connectivity index (χ2v) is 6.52. The second kappa shape index (κ2) is 7.19. The van der Waals surface area contributed by atoms with Crippen molar-refractivity contribution in [1.82, 2.24) is 4.57 Å². The van der Waals surface area contributed by atoms with Crippen molar-refractivity contribution in [2.75, 3.05) is 11.9 Å². The highest BCUT2D eigenvalue weighted by Crippen LogP contribution is 2.23. The van der Waals surface area contributed by atoms with Crippen LogP contribution >= 0.6 is 15.9 Å². The van der Waals surface area contributed by atoms with E-state index in [0.29, 0.717) is 16.9 Å². The highest BCUT2D eigenvalue weighted by atomic mass is 79.9. The van der Waals surface area contributed by atoms with Crippen LogP contribution in [0.1, 0.15) is 29.9 Å². The number of nitrogens with one attached hydrogen (secondary N) is 1. The first-order valence-electron chi connectivity index (χ1n) is 7.45. The summed E-state index contributed by atoms with van der Waals surface area (Å²) in [5, 5.41) is 2.75. The Hall–Kier alpha value is -2.12. The van der Waals surface area contributed by atoms with Gasteiger partial charge in [-0.25, -0.2) is 4.79 Å². The third-order valence-corrected chi connectivity index (χ3v) is 4.19. The van der Waals surface area contributed by atoms with Crippen LogP contribution < -0.4 is 11.1 Å². The van der Waals surface area contributed by atoms with Crippen LogP contribution in [0.4, 0.5) is 5.69 Å². The molecule has 0 aliphatic carbocycles. The molecule has 1 aromatic heterocycles. The molecular weight excluding hydrogens is 374 g/mol. The molecule has 1 unspecified atom stereocenters. The molecule has 0 saturated heterocycles. The topological polar surface area (TPSA) is 86.3 Å². The average Bonchev–Trinajstić information content (AvgIpc) is 2.88. The Labute approximate surface area is 149 Å². The number of rotatable bonds is 5. The molecule has 0 radical (unpaired) electrons. The van der Waals surface area contributed by atoms with Gasteiger partial charge in [-0.3, -0.25) is 4.79 Å². The molecule has 6 nitrogen and oxygen atoms in total. The minimum absolute atomic E-state index is 0.288. The Kier molecular flexibility index (Phi) is 5.46. The van der Waals surface area contributed by atoms with E-state index in [1.807, 2.05) is 12.1 Å². The van der Waals surface area contributed by atoms with Gasteiger partial charge in [0.2, 0.25) is 5.91 Å². The van der Waals surface area contributed by atoms with E-state index in [0.717, 1.165) is 4.47 Å². The van der Waals surface area contributed by atoms with Crippen LogP contribution in [0.5, 0.6) is 0 Å². The molecule has 3 N–H and O–H groups in total. The van der Waals surface area contributed by atoms with Gasteiger partial charge in [-0.15, -0.1) is 0 Å². The van der Waals surface area contributed by atoms with Gasteiger partial charge in [-0.1, -0.05) is 28.1 Å². The normalized spacial score (nSPS) is 13.2. The highest BCUT2D eigenvalue weighted by Gasteiger charge is 2.31. The van der Waals surface area contributed by atoms with Crippen LogP contribution in [-0.4, -0.2) is 23.1 Å². The summed E-state index contributed by atoms with van der Waals surface area (Å²) in [7, 11) is 1.71. The number of nitrogens with zero attached hydrogens (tertiary/aromatic N) is 1. The van der Waals surface area contributed by atoms with E-state index in [1.54, 1.807) is 49.9 Å². The maximum Gasteiger partial charge on any atom is 0.355 e. The van der Waals surface area contributed by atoms with Gasteiger partial charge in [0.1, 0.15) is 11.2 Å². The maximum absolute atomic E-state index is 12.6. The number of ether oxygens (including phenoxy) is 1. The van der Waals surface area contributed by atoms with Crippen molar-refractivity contribution in [2.24, 2.45) is 12.8 Å². The minimum Gasteiger partial charge on any atom is -0.461 e. The fourth-order valence-electron chi connectivity index (χ4n) is 2.23. The van der Waals surface area contributed by atoms with Gasteiger partial charge in [-0.2, -0.15) is 0 Å². The van der Waals surface area contributed by atoms with Crippen LogP contribution in [0.2, 0.25) is 0 Å². The van der Waals surface area contributed by atoms with Crippen LogP contribution in [0.25, 0.3) is 0 Å². The third-order valence-electron chi connectivity index (χ3n) is 3.66. The van der Waals surface area contributed by atoms with Crippen molar-refractivity contribution in [2.45, 2.75) is 19.4 Å². The lowest BCUT2D eigenvalue weighted by atomic mass is 9.92. The molecule has 1 amide bonds. The van der Waals surface area contributed by atoms with E-state index in [2.05, 4.69) is 21.2 Å². The van der Waals surface area contributed by atoms with E-state index in [9.17, 15) is 9.59 Å². The van der Waals surface area contributed by atoms with Crippen LogP contribution in [0.3, 0.4) is 0 Å². The molecule has 2 aromatic rings. The Morgan fingerprint density at radius 1 is 1.33 bits per heavy atom. The van der Waals surface area contributed by atoms with Gasteiger partial charge in [0.15, 0.2) is 0 Å². The summed E-state index contributed by atoms with van der Waals surface area (Å²) in [5.74, 6) is -0.810. The van der Waals surface area contributed by atoms with Crippen LogP contribution in [0.15, 0.2) is 41.0 Å². The number of carbonyl (C=O) groups excluding carboxylic acids is 2. The standard InChI is InChI=1S/C17H20BrN3O3/c1-4-24-15(22)14-9-13(10-21(14)3)20-16(23)17(2,19)11-5-7-12(18)8-6-11/h5-10H,4,19H2,1-3H3,(H,20,23). The first-order valence-corrected chi connectivity index (χ1v) is 8.25. The molecule has 0 saturated carbocycles. The second-order valence-electron chi connectivity index (χ2n) is 5.61. The lowest BCUT2D eigenvalue weighted by Crippen LogP contribution is -2.45. The monoisotopic (exact) mass is 393 g/mol. The van der Waals surface area contributed by atoms with E-state index >= 15 is 0 Å². The molecule has 1 aromatic carbocycles. The molecule has 1 heterocycles. The summed E-state index contributed by atoms with van der Waals surface area (Å²) in [5.41, 5.74) is 6.52. The number of amides is 1. The van der Waals surface area contributed by atoms with Crippen molar-refractivity contribution in [3.05, 3.63) is 52.3 Å². The number of hydrogen-bond donors (Lipinski definition) is 2. The first kappa shape index (κ1) is 18.2. The summed E-state index contributed by atoms with van der Waals surface area (Å²) < 4.78 is 7.48. The third kappa shape index (κ3) is 3.85. The van der Waals surface area contributed by atoms with Gasteiger partial charge in [0, 0.05) is 17.7 Å². The predicted octanol–water partition coefficient (Wildman–Crippen LogP) is 2.78. The Morgan fingerprint density at radius 2 is 1.96 bits per heavy atom. The Morgan fingerprint density at radius 3 is 2.54 bits per heavy atom. The van der Waals surface area contributed by atoms with E-state index < -0.39 is 11.5 Å². The van der Waals surface area contributed by atoms with Crippen LogP contribution in [0, 0.1) is 0 Å². The molecule has 128 valence electrons. The minimum atomic E-state index is -1.21. The van der Waals surface area contributed by atoms with E-state index in [4.69, 9.17) is 10.5 Å². The quantitative estimate of drug-likeness (QED) is 0.764. The maximum atomic E-state index is 12.6. The highest BCUT2D eigenvalue weighted by molar-refractivity contribution is 9.10. The van der Waals surface area contributed by atoms with Crippen molar-refractivity contribution in [1.29, 1.82) is 0 Å². The molecular formula is C17H20BrN3O3. The molecule has 0 spiro atoms. The summed E-state index contributed by atoms with van der Waals surface area (Å²) in [6, 6.07) is 8.80. The zero-order valence-corrected chi connectivity index (χ0v) is 15.4. The van der Waals surface area contributed by atoms with Gasteiger partial charge in [0.25, 0.3) is 0 Å². The van der Waals surface area contributed by atoms with Gasteiger partial charge in [-0.05, 0) is 37.6 Å². The Balaban J connectivity index is 2.18. The number of aryl methyl sites for hydroxylation is 1. The summed E-state index contributed by atoms with van der Waals surface area (Å²) in [4.78, 5) is 24.4. The Bertz CT molecular complexity index is 751. The molecule has 1 atom stereocenters. The number of esters is 1. The smallest absolute Gasteiger partial charge is 0.355 e. The lowest BCUT2D eigenvalue weighted by Gasteiger charge is -2.23. The molecule has 7 heteroatoms. The molecule has 24 heavy (non-hydrogen) atoms. The summed E-state index contributed by atoms with van der Waals surface area (Å²) in [6.07, 6.45) is 1.64. The zero-order valence-electron chi connectivity index (χ0n) is 13.8. The van der Waals surface area contributed by atoms with Crippen molar-refractivity contribution in [3.8, 4) is 0 Å². The number of nitrogens with two attached hydrogens (primary N) is 1. The number of anilines is 1. The average molecular weight is 394 g/mol. The number of carbonyl (C=O) groups is 2. The predicted molar refractivity (Wildman–Crippen MR) is 95.7 cm³/mol. The van der Waals surface area contributed by atoms with Crippen LogP contribution in [-0.2, 0) is 22.1 Å². The van der Waals surface area contributed by atoms with E-state index in [-0.39, 0.29) is 12.5 Å². The lowest BCUT2D eigenvalue weighted by molar-refractivity contribution is -0.120. The molecule has 0 bridgehead atoms. The number of halogens is 1. The zero-order chi connectivity index (χ0) is 17.9. The first-order chi connectivity index (χ1) is 11.3. The van der Waals surface area contributed by atoms with Gasteiger partial charge >= 0.3 is 5.97 Å². The summed E-state index contributed by atoms with van der Waals surface area (Å²) >= 11 is 3.35. The number of benzene rings is 1. The molecule has 0 fully saturated rings. The fraction of sp³-hybridized carbons (Fsp3) is 0.294. The number of aromatic nitrogens is 1. The number of hydrogen-bond acceptors (Lipinski definition) is 4. The van der Waals surface area contributed by atoms with Crippen molar-refractivity contribution < 1.29 is 14.3 Å². The van der Waals surface area contributed by atoms with E-state index in [1.165, 1.54) is 0 Å². The molecule has 0 aliphatic heterocycles. The largest absolute Gasteiger partial charge is 0.461 e. The SMILES string of the molecule is CCOC(=O)c1cc(NC(=O)C(C)(N)c2ccc(Br)cc2)cn1C. The van der Waals surface area contributed by atoms with Gasteiger partial charge < -0.3 is 20.4 Å². The van der Waals surface area contributed by atoms with Gasteiger partial charge in [0.05, 0.1) is 12.3 Å². The van der Waals surface area contributed by atoms with Crippen molar-refractivity contribution in [3.63, 3.8) is 0 Å². The molecule has 0 aliphatic rings. The van der Waals surface area contributed by atoms with Crippen molar-refractivity contribution >= 4 is 33.5 Å².